The molecule has 0 spiro atoms. The Morgan fingerprint density at radius 3 is 2.61 bits per heavy atom. The summed E-state index contributed by atoms with van der Waals surface area (Å²) in [4.78, 5) is 25.9. The number of Topliss-reactive ketones (excluding diaryl/α,β-unsaturated/α-hetero) is 1. The highest BCUT2D eigenvalue weighted by Gasteiger charge is 2.36. The minimum atomic E-state index is -0.817. The smallest absolute Gasteiger partial charge is 0.226 e. The van der Waals surface area contributed by atoms with Crippen LogP contribution in [0.2, 0.25) is 0 Å². The Hall–Kier alpha value is -3.87. The molecule has 31 heavy (non-hydrogen) atoms. The quantitative estimate of drug-likeness (QED) is 0.481. The predicted octanol–water partition coefficient (Wildman–Crippen LogP) is 4.92. The summed E-state index contributed by atoms with van der Waals surface area (Å²) in [5.74, 6) is -2.62. The molecule has 2 heterocycles. The van der Waals surface area contributed by atoms with E-state index in [0.29, 0.717) is 16.8 Å². The van der Waals surface area contributed by atoms with Gasteiger partial charge in [-0.05, 0) is 35.9 Å². The topological polar surface area (TPSA) is 64.0 Å². The first-order chi connectivity index (χ1) is 14.9. The molecule has 1 aromatic heterocycles. The zero-order valence-electron chi connectivity index (χ0n) is 16.5. The number of carbonyl (C=O) groups excluding carboxylic acids is 2. The molecule has 4 aromatic rings. The fraction of sp³-hybridized carbons (Fsp3) is 0.125. The van der Waals surface area contributed by atoms with Crippen LogP contribution in [-0.4, -0.2) is 21.5 Å². The van der Waals surface area contributed by atoms with Crippen molar-refractivity contribution in [1.82, 2.24) is 9.78 Å². The lowest BCUT2D eigenvalue weighted by Crippen LogP contribution is -2.28. The molecule has 1 amide bonds. The highest BCUT2D eigenvalue weighted by atomic mass is 19.1. The maximum absolute atomic E-state index is 14.4. The van der Waals surface area contributed by atoms with Gasteiger partial charge in [0.25, 0.3) is 0 Å². The number of hydrogen-bond donors (Lipinski definition) is 1. The molecule has 0 radical (unpaired) electrons. The van der Waals surface area contributed by atoms with Crippen molar-refractivity contribution in [2.45, 2.75) is 19.3 Å². The Labute approximate surface area is 176 Å². The van der Waals surface area contributed by atoms with E-state index in [4.69, 9.17) is 0 Å². The van der Waals surface area contributed by atoms with E-state index in [-0.39, 0.29) is 29.6 Å². The Morgan fingerprint density at radius 2 is 1.84 bits per heavy atom. The van der Waals surface area contributed by atoms with Crippen molar-refractivity contribution in [3.05, 3.63) is 89.1 Å². The lowest BCUT2D eigenvalue weighted by atomic mass is 9.85. The molecule has 154 valence electrons. The number of benzene rings is 3. The summed E-state index contributed by atoms with van der Waals surface area (Å²) in [5.41, 5.74) is 1.52. The third-order valence-electron chi connectivity index (χ3n) is 5.59. The Morgan fingerprint density at radius 1 is 1.06 bits per heavy atom. The zero-order chi connectivity index (χ0) is 21.7. The van der Waals surface area contributed by atoms with Gasteiger partial charge in [0.15, 0.2) is 11.6 Å². The molecule has 1 atom stereocenters. The first-order valence-corrected chi connectivity index (χ1v) is 9.80. The lowest BCUT2D eigenvalue weighted by Gasteiger charge is -2.23. The van der Waals surface area contributed by atoms with Gasteiger partial charge in [-0.25, -0.2) is 13.5 Å². The molecule has 0 unspecified atom stereocenters. The van der Waals surface area contributed by atoms with Crippen LogP contribution in [0.4, 0.5) is 14.6 Å². The average molecular weight is 417 g/mol. The number of halogens is 2. The average Bonchev–Trinajstić information content (AvgIpc) is 3.08. The number of anilines is 1. The number of ketones is 1. The van der Waals surface area contributed by atoms with Crippen LogP contribution in [0.25, 0.3) is 16.5 Å². The normalized spacial score (nSPS) is 15.6. The third-order valence-corrected chi connectivity index (χ3v) is 5.59. The van der Waals surface area contributed by atoms with Gasteiger partial charge < -0.3 is 5.32 Å². The second kappa shape index (κ2) is 7.12. The number of hydrogen-bond acceptors (Lipinski definition) is 3. The molecule has 5 rings (SSSR count). The van der Waals surface area contributed by atoms with Gasteiger partial charge in [0.05, 0.1) is 11.6 Å². The Balaban J connectivity index is 1.62. The molecule has 1 aliphatic rings. The van der Waals surface area contributed by atoms with Crippen LogP contribution < -0.4 is 5.32 Å². The van der Waals surface area contributed by atoms with Crippen LogP contribution >= 0.6 is 0 Å². The Bertz CT molecular complexity index is 1380. The standard InChI is InChI=1S/C24H17F2N3O2/c1-13-22-18(23(31)16-7-6-14-4-2-3-5-15(14)10-16)12-21(30)27-24(22)29(28-13)20-9-8-17(25)11-19(20)26/h2-11,18H,12H2,1H3,(H,27,30)/t18-/m0/s1. The van der Waals surface area contributed by atoms with Crippen molar-refractivity contribution in [1.29, 1.82) is 0 Å². The van der Waals surface area contributed by atoms with E-state index in [0.717, 1.165) is 22.9 Å². The summed E-state index contributed by atoms with van der Waals surface area (Å²) in [7, 11) is 0. The van der Waals surface area contributed by atoms with E-state index in [1.54, 1.807) is 13.0 Å². The molecular formula is C24H17F2N3O2. The maximum Gasteiger partial charge on any atom is 0.226 e. The van der Waals surface area contributed by atoms with Gasteiger partial charge in [-0.3, -0.25) is 9.59 Å². The summed E-state index contributed by atoms with van der Waals surface area (Å²) >= 11 is 0. The summed E-state index contributed by atoms with van der Waals surface area (Å²) in [6.07, 6.45) is -0.0307. The molecule has 0 saturated heterocycles. The monoisotopic (exact) mass is 417 g/mol. The van der Waals surface area contributed by atoms with E-state index < -0.39 is 17.6 Å². The van der Waals surface area contributed by atoms with E-state index in [9.17, 15) is 18.4 Å². The van der Waals surface area contributed by atoms with E-state index in [1.807, 2.05) is 36.4 Å². The second-order valence-electron chi connectivity index (χ2n) is 7.59. The largest absolute Gasteiger partial charge is 0.310 e. The first kappa shape index (κ1) is 19.1. The maximum atomic E-state index is 14.4. The molecule has 3 aromatic carbocycles. The fourth-order valence-electron chi connectivity index (χ4n) is 4.14. The Kier molecular flexibility index (Phi) is 4.39. The van der Waals surface area contributed by atoms with Crippen LogP contribution in [0.1, 0.15) is 34.0 Å². The molecule has 0 saturated carbocycles. The van der Waals surface area contributed by atoms with Crippen LogP contribution in [0.5, 0.6) is 0 Å². The van der Waals surface area contributed by atoms with E-state index >= 15 is 0 Å². The van der Waals surface area contributed by atoms with E-state index in [1.165, 1.54) is 10.7 Å². The van der Waals surface area contributed by atoms with Crippen LogP contribution in [-0.2, 0) is 4.79 Å². The molecule has 0 bridgehead atoms. The highest BCUT2D eigenvalue weighted by Crippen LogP contribution is 2.38. The van der Waals surface area contributed by atoms with Crippen LogP contribution in [0, 0.1) is 18.6 Å². The lowest BCUT2D eigenvalue weighted by molar-refractivity contribution is -0.116. The molecule has 1 aliphatic heterocycles. The summed E-state index contributed by atoms with van der Waals surface area (Å²) in [6, 6.07) is 16.2. The van der Waals surface area contributed by atoms with Gasteiger partial charge in [-0.1, -0.05) is 36.4 Å². The van der Waals surface area contributed by atoms with Crippen molar-refractivity contribution in [3.8, 4) is 5.69 Å². The second-order valence-corrected chi connectivity index (χ2v) is 7.59. The van der Waals surface area contributed by atoms with E-state index in [2.05, 4.69) is 10.4 Å². The summed E-state index contributed by atoms with van der Waals surface area (Å²) in [6.45, 7) is 1.70. The predicted molar refractivity (Wildman–Crippen MR) is 112 cm³/mol. The van der Waals surface area contributed by atoms with Gasteiger partial charge >= 0.3 is 0 Å². The van der Waals surface area contributed by atoms with Crippen molar-refractivity contribution in [2.75, 3.05) is 5.32 Å². The van der Waals surface area contributed by atoms with Crippen LogP contribution in [0.15, 0.2) is 60.7 Å². The molecular weight excluding hydrogens is 400 g/mol. The fourth-order valence-corrected chi connectivity index (χ4v) is 4.14. The molecule has 7 heteroatoms. The number of nitrogens with zero attached hydrogens (tertiary/aromatic N) is 2. The number of rotatable bonds is 3. The summed E-state index contributed by atoms with van der Waals surface area (Å²) < 4.78 is 29.0. The minimum absolute atomic E-state index is 0.00939. The van der Waals surface area contributed by atoms with Crippen LogP contribution in [0.3, 0.4) is 0 Å². The van der Waals surface area contributed by atoms with Gasteiger partial charge in [0.2, 0.25) is 5.91 Å². The van der Waals surface area contributed by atoms with Gasteiger partial charge in [-0.2, -0.15) is 5.10 Å². The number of fused-ring (bicyclic) bond motifs is 2. The minimum Gasteiger partial charge on any atom is -0.310 e. The molecule has 5 nitrogen and oxygen atoms in total. The SMILES string of the molecule is Cc1nn(-c2ccc(F)cc2F)c2c1[C@@H](C(=O)c1ccc3ccccc3c1)CC(=O)N2. The van der Waals surface area contributed by atoms with Gasteiger partial charge in [0.1, 0.15) is 17.3 Å². The van der Waals surface area contributed by atoms with Gasteiger partial charge in [-0.15, -0.1) is 0 Å². The first-order valence-electron chi connectivity index (χ1n) is 9.80. The van der Waals surface area contributed by atoms with Crippen molar-refractivity contribution in [2.24, 2.45) is 0 Å². The number of amides is 1. The highest BCUT2D eigenvalue weighted by molar-refractivity contribution is 6.09. The number of aryl methyl sites for hydroxylation is 1. The molecule has 0 fully saturated rings. The number of aromatic nitrogens is 2. The molecule has 0 aliphatic carbocycles. The van der Waals surface area contributed by atoms with Crippen molar-refractivity contribution in [3.63, 3.8) is 0 Å². The molecule has 1 N–H and O–H groups in total. The zero-order valence-corrected chi connectivity index (χ0v) is 16.5. The number of nitrogens with one attached hydrogen (secondary N) is 1. The van der Waals surface area contributed by atoms with Gasteiger partial charge in [0, 0.05) is 23.6 Å². The number of carbonyl (C=O) groups is 2. The third kappa shape index (κ3) is 3.18. The van der Waals surface area contributed by atoms with Crippen molar-refractivity contribution >= 4 is 28.3 Å². The summed E-state index contributed by atoms with van der Waals surface area (Å²) in [5, 5.41) is 8.99. The van der Waals surface area contributed by atoms with Crippen molar-refractivity contribution < 1.29 is 18.4 Å².